The van der Waals surface area contributed by atoms with Crippen LogP contribution in [0.15, 0.2) is 101 Å². The van der Waals surface area contributed by atoms with E-state index in [4.69, 9.17) is 0 Å². The molecular formula is C28H27N3O3S. The van der Waals surface area contributed by atoms with Gasteiger partial charge in [-0.15, -0.1) is 0 Å². The highest BCUT2D eigenvalue weighted by molar-refractivity contribution is 7.92. The van der Waals surface area contributed by atoms with E-state index < -0.39 is 22.5 Å². The van der Waals surface area contributed by atoms with E-state index in [1.165, 1.54) is 0 Å². The zero-order valence-electron chi connectivity index (χ0n) is 19.7. The lowest BCUT2D eigenvalue weighted by Crippen LogP contribution is -2.40. The summed E-state index contributed by atoms with van der Waals surface area (Å²) in [5.41, 5.74) is 5.60. The maximum Gasteiger partial charge on any atom is 0.264 e. The van der Waals surface area contributed by atoms with Crippen molar-refractivity contribution in [3.05, 3.63) is 108 Å². The summed E-state index contributed by atoms with van der Waals surface area (Å²) in [7, 11) is -3.98. The Kier molecular flexibility index (Phi) is 7.27. The lowest BCUT2D eigenvalue weighted by atomic mass is 10.1. The van der Waals surface area contributed by atoms with E-state index in [2.05, 4.69) is 10.5 Å². The molecule has 4 aromatic rings. The van der Waals surface area contributed by atoms with Crippen molar-refractivity contribution in [3.63, 3.8) is 0 Å². The normalized spacial score (nSPS) is 11.6. The molecule has 0 aliphatic heterocycles. The number of hydrogen-bond donors (Lipinski definition) is 1. The molecule has 6 nitrogen and oxygen atoms in total. The van der Waals surface area contributed by atoms with Crippen molar-refractivity contribution >= 4 is 38.6 Å². The van der Waals surface area contributed by atoms with Crippen LogP contribution in [-0.4, -0.2) is 27.1 Å². The Morgan fingerprint density at radius 2 is 1.60 bits per heavy atom. The van der Waals surface area contributed by atoms with Crippen LogP contribution in [0.3, 0.4) is 0 Å². The van der Waals surface area contributed by atoms with Crippen molar-refractivity contribution < 1.29 is 13.2 Å². The molecule has 1 amide bonds. The molecule has 0 saturated heterocycles. The Hall–Kier alpha value is -3.97. The first-order valence-electron chi connectivity index (χ1n) is 11.4. The number of aryl methyl sites for hydroxylation is 2. The minimum atomic E-state index is -3.98. The highest BCUT2D eigenvalue weighted by Crippen LogP contribution is 2.27. The van der Waals surface area contributed by atoms with E-state index in [0.29, 0.717) is 12.1 Å². The second-order valence-electron chi connectivity index (χ2n) is 8.17. The minimum Gasteiger partial charge on any atom is -0.271 e. The van der Waals surface area contributed by atoms with E-state index >= 15 is 0 Å². The molecule has 4 rings (SSSR count). The molecular weight excluding hydrogens is 458 g/mol. The second-order valence-corrected chi connectivity index (χ2v) is 10.0. The monoisotopic (exact) mass is 485 g/mol. The Labute approximate surface area is 206 Å². The van der Waals surface area contributed by atoms with Crippen LogP contribution in [0.5, 0.6) is 0 Å². The van der Waals surface area contributed by atoms with E-state index in [1.54, 1.807) is 42.6 Å². The van der Waals surface area contributed by atoms with E-state index in [9.17, 15) is 13.2 Å². The Bertz CT molecular complexity index is 1470. The summed E-state index contributed by atoms with van der Waals surface area (Å²) in [5, 5.41) is 6.17. The standard InChI is InChI=1S/C28H27N3O3S/c1-3-22-9-5-7-14-27(22)31(35(33,34)25-17-15-21(2)16-18-25)20-28(32)30-29-19-24-12-8-11-23-10-4-6-13-26(23)24/h4-19H,3,20H2,1-2H3,(H,30,32)/b29-19-. The number of benzene rings is 4. The van der Waals surface area contributed by atoms with Gasteiger partial charge in [0.15, 0.2) is 0 Å². The summed E-state index contributed by atoms with van der Waals surface area (Å²) in [6, 6.07) is 27.5. The Morgan fingerprint density at radius 3 is 2.37 bits per heavy atom. The van der Waals surface area contributed by atoms with Gasteiger partial charge >= 0.3 is 0 Å². The molecule has 0 fully saturated rings. The lowest BCUT2D eigenvalue weighted by Gasteiger charge is -2.25. The maximum atomic E-state index is 13.6. The molecule has 0 aliphatic rings. The molecule has 0 bridgehead atoms. The number of sulfonamides is 1. The van der Waals surface area contributed by atoms with E-state index in [1.807, 2.05) is 68.4 Å². The molecule has 0 atom stereocenters. The van der Waals surface area contributed by atoms with Crippen LogP contribution in [0.1, 0.15) is 23.6 Å². The first kappa shape index (κ1) is 24.2. The highest BCUT2D eigenvalue weighted by atomic mass is 32.2. The number of carbonyl (C=O) groups is 1. The molecule has 0 heterocycles. The summed E-state index contributed by atoms with van der Waals surface area (Å²) >= 11 is 0. The van der Waals surface area contributed by atoms with Crippen LogP contribution in [-0.2, 0) is 21.2 Å². The first-order valence-corrected chi connectivity index (χ1v) is 12.8. The fourth-order valence-corrected chi connectivity index (χ4v) is 5.35. The number of rotatable bonds is 8. The molecule has 178 valence electrons. The van der Waals surface area contributed by atoms with E-state index in [0.717, 1.165) is 31.8 Å². The van der Waals surface area contributed by atoms with Gasteiger partial charge in [0, 0.05) is 5.56 Å². The van der Waals surface area contributed by atoms with Crippen molar-refractivity contribution in [3.8, 4) is 0 Å². The van der Waals surface area contributed by atoms with Crippen molar-refractivity contribution in [2.45, 2.75) is 25.2 Å². The summed E-state index contributed by atoms with van der Waals surface area (Å²) in [5.74, 6) is -0.539. The lowest BCUT2D eigenvalue weighted by molar-refractivity contribution is -0.119. The molecule has 0 aromatic heterocycles. The van der Waals surface area contributed by atoms with Crippen LogP contribution >= 0.6 is 0 Å². The van der Waals surface area contributed by atoms with Gasteiger partial charge in [-0.05, 0) is 47.9 Å². The molecule has 0 unspecified atom stereocenters. The molecule has 1 N–H and O–H groups in total. The molecule has 4 aromatic carbocycles. The Balaban J connectivity index is 1.61. The van der Waals surface area contributed by atoms with Gasteiger partial charge in [-0.25, -0.2) is 13.8 Å². The molecule has 0 aliphatic carbocycles. The fourth-order valence-electron chi connectivity index (χ4n) is 3.89. The van der Waals surface area contributed by atoms with Gasteiger partial charge in [0.1, 0.15) is 6.54 Å². The van der Waals surface area contributed by atoms with Crippen LogP contribution in [0, 0.1) is 6.92 Å². The third kappa shape index (κ3) is 5.41. The van der Waals surface area contributed by atoms with Gasteiger partial charge < -0.3 is 0 Å². The van der Waals surface area contributed by atoms with Gasteiger partial charge in [0.25, 0.3) is 15.9 Å². The second kappa shape index (κ2) is 10.5. The minimum absolute atomic E-state index is 0.126. The number of hydrazone groups is 1. The van der Waals surface area contributed by atoms with Gasteiger partial charge in [-0.1, -0.05) is 85.3 Å². The van der Waals surface area contributed by atoms with Gasteiger partial charge in [-0.3, -0.25) is 9.10 Å². The Morgan fingerprint density at radius 1 is 0.914 bits per heavy atom. The predicted molar refractivity (Wildman–Crippen MR) is 141 cm³/mol. The van der Waals surface area contributed by atoms with Crippen molar-refractivity contribution in [1.82, 2.24) is 5.43 Å². The third-order valence-electron chi connectivity index (χ3n) is 5.75. The average molecular weight is 486 g/mol. The van der Waals surface area contributed by atoms with Gasteiger partial charge in [-0.2, -0.15) is 5.10 Å². The molecule has 0 saturated carbocycles. The highest BCUT2D eigenvalue weighted by Gasteiger charge is 2.28. The van der Waals surface area contributed by atoms with Gasteiger partial charge in [0.05, 0.1) is 16.8 Å². The number of anilines is 1. The largest absolute Gasteiger partial charge is 0.271 e. The topological polar surface area (TPSA) is 78.8 Å². The summed E-state index contributed by atoms with van der Waals surface area (Å²) < 4.78 is 28.3. The summed E-state index contributed by atoms with van der Waals surface area (Å²) in [4.78, 5) is 13.0. The first-order chi connectivity index (χ1) is 16.9. The number of amides is 1. The quantitative estimate of drug-likeness (QED) is 0.280. The average Bonchev–Trinajstić information content (AvgIpc) is 2.87. The molecule has 35 heavy (non-hydrogen) atoms. The summed E-state index contributed by atoms with van der Waals surface area (Å²) in [6.45, 7) is 3.44. The van der Waals surface area contributed by atoms with Crippen LogP contribution in [0.4, 0.5) is 5.69 Å². The summed E-state index contributed by atoms with van der Waals surface area (Å²) in [6.07, 6.45) is 2.19. The number of para-hydroxylation sites is 1. The van der Waals surface area contributed by atoms with Crippen molar-refractivity contribution in [1.29, 1.82) is 0 Å². The zero-order valence-corrected chi connectivity index (χ0v) is 20.5. The van der Waals surface area contributed by atoms with Crippen LogP contribution < -0.4 is 9.73 Å². The number of nitrogens with zero attached hydrogens (tertiary/aromatic N) is 2. The van der Waals surface area contributed by atoms with Crippen LogP contribution in [0.25, 0.3) is 10.8 Å². The molecule has 0 spiro atoms. The maximum absolute atomic E-state index is 13.6. The number of nitrogens with one attached hydrogen (secondary N) is 1. The number of fused-ring (bicyclic) bond motifs is 1. The fraction of sp³-hybridized carbons (Fsp3) is 0.143. The third-order valence-corrected chi connectivity index (χ3v) is 7.53. The smallest absolute Gasteiger partial charge is 0.264 e. The van der Waals surface area contributed by atoms with Crippen molar-refractivity contribution in [2.75, 3.05) is 10.8 Å². The van der Waals surface area contributed by atoms with E-state index in [-0.39, 0.29) is 4.90 Å². The number of carbonyl (C=O) groups excluding carboxylic acids is 1. The van der Waals surface area contributed by atoms with Crippen molar-refractivity contribution in [2.24, 2.45) is 5.10 Å². The molecule has 7 heteroatoms. The predicted octanol–water partition coefficient (Wildman–Crippen LogP) is 5.06. The SMILES string of the molecule is CCc1ccccc1N(CC(=O)N/N=C\c1cccc2ccccc12)S(=O)(=O)c1ccc(C)cc1. The number of hydrogen-bond acceptors (Lipinski definition) is 4. The van der Waals surface area contributed by atoms with Gasteiger partial charge in [0.2, 0.25) is 0 Å². The molecule has 0 radical (unpaired) electrons. The zero-order chi connectivity index (χ0) is 24.8. The van der Waals surface area contributed by atoms with Crippen LogP contribution in [0.2, 0.25) is 0 Å².